The van der Waals surface area contributed by atoms with Crippen molar-refractivity contribution in [3.8, 4) is 0 Å². The fraction of sp³-hybridized carbons (Fsp3) is 0. The van der Waals surface area contributed by atoms with E-state index in [1.165, 1.54) is 24.4 Å². The number of rotatable bonds is 3. The summed E-state index contributed by atoms with van der Waals surface area (Å²) in [7, 11) is -3.71. The average Bonchev–Trinajstić information content (AvgIpc) is 2.39. The van der Waals surface area contributed by atoms with Gasteiger partial charge in [0.15, 0.2) is 0 Å². The summed E-state index contributed by atoms with van der Waals surface area (Å²) in [4.78, 5) is 0.135. The Kier molecular flexibility index (Phi) is 4.24. The van der Waals surface area contributed by atoms with Crippen molar-refractivity contribution in [1.82, 2.24) is 0 Å². The molecule has 2 aromatic rings. The molecule has 0 N–H and O–H groups in total. The number of hydrogen-bond acceptors (Lipinski definition) is 2. The molecule has 0 aromatic heterocycles. The minimum Gasteiger partial charge on any atom is -0.199 e. The number of hydrogen-bond donors (Lipinski definition) is 0. The molecule has 0 saturated carbocycles. The minimum absolute atomic E-state index is 0.135. The molecule has 2 aromatic carbocycles. The van der Waals surface area contributed by atoms with E-state index in [1.54, 1.807) is 30.3 Å². The molecule has 0 fully saturated rings. The van der Waals surface area contributed by atoms with Crippen molar-refractivity contribution in [2.45, 2.75) is 4.90 Å². The second kappa shape index (κ2) is 5.74. The highest BCUT2D eigenvalue weighted by molar-refractivity contribution is 7.90. The van der Waals surface area contributed by atoms with Crippen molar-refractivity contribution < 1.29 is 8.42 Å². The van der Waals surface area contributed by atoms with Crippen LogP contribution in [0.4, 0.5) is 0 Å². The fourth-order valence-corrected chi connectivity index (χ4v) is 2.72. The number of nitrogens with zero attached hydrogens (tertiary/aromatic N) is 1. The van der Waals surface area contributed by atoms with Crippen LogP contribution in [0.15, 0.2) is 57.8 Å². The summed E-state index contributed by atoms with van der Waals surface area (Å²) in [6.07, 6.45) is 1.21. The van der Waals surface area contributed by atoms with E-state index in [4.69, 9.17) is 23.2 Å². The van der Waals surface area contributed by atoms with Crippen LogP contribution < -0.4 is 0 Å². The second-order valence-electron chi connectivity index (χ2n) is 3.69. The van der Waals surface area contributed by atoms with Crippen LogP contribution in [-0.2, 0) is 10.0 Å². The lowest BCUT2D eigenvalue weighted by Gasteiger charge is -1.99. The first-order valence-electron chi connectivity index (χ1n) is 5.29. The van der Waals surface area contributed by atoms with Gasteiger partial charge in [0.25, 0.3) is 10.0 Å². The predicted molar refractivity (Wildman–Crippen MR) is 77.7 cm³/mol. The Balaban J connectivity index is 2.33. The molecule has 0 unspecified atom stereocenters. The van der Waals surface area contributed by atoms with Gasteiger partial charge in [0.05, 0.1) is 9.92 Å². The van der Waals surface area contributed by atoms with Crippen molar-refractivity contribution in [3.63, 3.8) is 0 Å². The van der Waals surface area contributed by atoms with E-state index in [9.17, 15) is 8.42 Å². The molecule has 3 nitrogen and oxygen atoms in total. The minimum atomic E-state index is -3.71. The van der Waals surface area contributed by atoms with Crippen molar-refractivity contribution >= 4 is 39.4 Å². The van der Waals surface area contributed by atoms with Crippen LogP contribution in [-0.4, -0.2) is 14.6 Å². The van der Waals surface area contributed by atoms with E-state index in [-0.39, 0.29) is 4.90 Å². The molecule has 2 rings (SSSR count). The number of sulfonamides is 1. The second-order valence-corrected chi connectivity index (χ2v) is 6.16. The average molecular weight is 314 g/mol. The molecule has 0 radical (unpaired) electrons. The van der Waals surface area contributed by atoms with Crippen molar-refractivity contribution in [2.24, 2.45) is 4.40 Å². The van der Waals surface area contributed by atoms with E-state index < -0.39 is 10.0 Å². The third-order valence-electron chi connectivity index (χ3n) is 2.33. The van der Waals surface area contributed by atoms with Crippen LogP contribution in [0.5, 0.6) is 0 Å². The normalized spacial score (nSPS) is 11.9. The topological polar surface area (TPSA) is 46.5 Å². The first kappa shape index (κ1) is 14.1. The largest absolute Gasteiger partial charge is 0.282 e. The number of halogens is 2. The lowest BCUT2D eigenvalue weighted by Crippen LogP contribution is -1.97. The molecule has 0 atom stereocenters. The van der Waals surface area contributed by atoms with Gasteiger partial charge in [-0.15, -0.1) is 0 Å². The Hall–Kier alpha value is -1.36. The molecule has 0 amide bonds. The zero-order valence-corrected chi connectivity index (χ0v) is 12.0. The van der Waals surface area contributed by atoms with Gasteiger partial charge in [0.1, 0.15) is 0 Å². The summed E-state index contributed by atoms with van der Waals surface area (Å²) in [6, 6.07) is 12.7. The molecule has 0 spiro atoms. The molecule has 0 heterocycles. The smallest absolute Gasteiger partial charge is 0.199 e. The lowest BCUT2D eigenvalue weighted by atomic mass is 10.2. The quantitative estimate of drug-likeness (QED) is 0.809. The first-order valence-corrected chi connectivity index (χ1v) is 7.49. The van der Waals surface area contributed by atoms with Crippen LogP contribution in [0, 0.1) is 0 Å². The molecule has 0 aliphatic carbocycles. The molecule has 0 aliphatic heterocycles. The predicted octanol–water partition coefficient (Wildman–Crippen LogP) is 3.80. The summed E-state index contributed by atoms with van der Waals surface area (Å²) >= 11 is 11.7. The monoisotopic (exact) mass is 313 g/mol. The van der Waals surface area contributed by atoms with E-state index in [0.29, 0.717) is 15.6 Å². The summed E-state index contributed by atoms with van der Waals surface area (Å²) in [5, 5.41) is 0.826. The van der Waals surface area contributed by atoms with Gasteiger partial charge < -0.3 is 0 Å². The number of benzene rings is 2. The highest BCUT2D eigenvalue weighted by atomic mass is 35.5. The van der Waals surface area contributed by atoms with E-state index >= 15 is 0 Å². The highest BCUT2D eigenvalue weighted by Crippen LogP contribution is 2.20. The molecular weight excluding hydrogens is 305 g/mol. The first-order chi connectivity index (χ1) is 8.99. The Labute approximate surface area is 121 Å². The van der Waals surface area contributed by atoms with Gasteiger partial charge in [0.2, 0.25) is 0 Å². The van der Waals surface area contributed by atoms with Crippen molar-refractivity contribution in [2.75, 3.05) is 0 Å². The van der Waals surface area contributed by atoms with E-state index in [1.807, 2.05) is 0 Å². The van der Waals surface area contributed by atoms with Gasteiger partial charge >= 0.3 is 0 Å². The summed E-state index contributed by atoms with van der Waals surface area (Å²) in [6.45, 7) is 0. The maximum atomic E-state index is 11.9. The maximum absolute atomic E-state index is 11.9. The van der Waals surface area contributed by atoms with Crippen LogP contribution in [0.3, 0.4) is 0 Å². The van der Waals surface area contributed by atoms with Crippen LogP contribution in [0.25, 0.3) is 0 Å². The third kappa shape index (κ3) is 3.56. The van der Waals surface area contributed by atoms with E-state index in [2.05, 4.69) is 4.40 Å². The summed E-state index contributed by atoms with van der Waals surface area (Å²) in [5.74, 6) is 0. The van der Waals surface area contributed by atoms with Gasteiger partial charge in [-0.05, 0) is 24.3 Å². The highest BCUT2D eigenvalue weighted by Gasteiger charge is 2.10. The maximum Gasteiger partial charge on any atom is 0.282 e. The van der Waals surface area contributed by atoms with Crippen LogP contribution in [0.2, 0.25) is 10.0 Å². The Morgan fingerprint density at radius 1 is 1.00 bits per heavy atom. The molecular formula is C13H9Cl2NO2S. The van der Waals surface area contributed by atoms with E-state index in [0.717, 1.165) is 0 Å². The molecule has 0 aliphatic rings. The fourth-order valence-electron chi connectivity index (χ4n) is 1.39. The van der Waals surface area contributed by atoms with Gasteiger partial charge in [-0.3, -0.25) is 0 Å². The Bertz CT molecular complexity index is 713. The van der Waals surface area contributed by atoms with Crippen molar-refractivity contribution in [3.05, 3.63) is 64.1 Å². The Morgan fingerprint density at radius 3 is 2.32 bits per heavy atom. The van der Waals surface area contributed by atoms with Gasteiger partial charge in [-0.1, -0.05) is 47.5 Å². The summed E-state index contributed by atoms with van der Waals surface area (Å²) in [5.41, 5.74) is 0.491. The lowest BCUT2D eigenvalue weighted by molar-refractivity contribution is 0.598. The third-order valence-corrected chi connectivity index (χ3v) is 4.15. The van der Waals surface area contributed by atoms with Gasteiger partial charge in [-0.2, -0.15) is 12.8 Å². The SMILES string of the molecule is O=S(=O)(N=Cc1ccc(Cl)cc1Cl)c1ccccc1. The molecule has 98 valence electrons. The molecule has 0 bridgehead atoms. The molecule has 0 saturated heterocycles. The summed E-state index contributed by atoms with van der Waals surface area (Å²) < 4.78 is 27.4. The molecule has 6 heteroatoms. The Morgan fingerprint density at radius 2 is 1.68 bits per heavy atom. The molecule has 19 heavy (non-hydrogen) atoms. The van der Waals surface area contributed by atoms with Gasteiger partial charge in [-0.25, -0.2) is 0 Å². The van der Waals surface area contributed by atoms with Gasteiger partial charge in [0, 0.05) is 16.8 Å². The zero-order valence-electron chi connectivity index (χ0n) is 9.62. The standard InChI is InChI=1S/C13H9Cl2NO2S/c14-11-7-6-10(13(15)8-11)9-16-19(17,18)12-4-2-1-3-5-12/h1-9H. The van der Waals surface area contributed by atoms with Crippen molar-refractivity contribution in [1.29, 1.82) is 0 Å². The zero-order chi connectivity index (χ0) is 13.9. The van der Waals surface area contributed by atoms with Crippen LogP contribution >= 0.6 is 23.2 Å². The van der Waals surface area contributed by atoms with Crippen LogP contribution in [0.1, 0.15) is 5.56 Å².